The largest absolute Gasteiger partial charge is 0.389 e. The minimum atomic E-state index is -0.513. The summed E-state index contributed by atoms with van der Waals surface area (Å²) in [6, 6.07) is 0. The molecule has 0 aliphatic rings. The van der Waals surface area contributed by atoms with Crippen LogP contribution in [0.5, 0.6) is 0 Å². The molecular formula is C4H7NO3. The molecule has 0 aromatic carbocycles. The number of nitrogens with one attached hydrogen (secondary N) is 1. The number of amides is 1. The molecule has 4 heteroatoms. The van der Waals surface area contributed by atoms with Gasteiger partial charge in [-0.25, -0.2) is 0 Å². The molecule has 0 spiro atoms. The molecule has 0 bridgehead atoms. The van der Waals surface area contributed by atoms with Gasteiger partial charge in [-0.3, -0.25) is 9.59 Å². The third-order valence-electron chi connectivity index (χ3n) is 0.559. The van der Waals surface area contributed by atoms with Crippen LogP contribution in [0.25, 0.3) is 0 Å². The summed E-state index contributed by atoms with van der Waals surface area (Å²) in [6.45, 7) is -0.596. The lowest BCUT2D eigenvalue weighted by molar-refractivity contribution is -0.122. The van der Waals surface area contributed by atoms with Gasteiger partial charge >= 0.3 is 0 Å². The Morgan fingerprint density at radius 2 is 2.38 bits per heavy atom. The number of ketones is 1. The van der Waals surface area contributed by atoms with E-state index in [9.17, 15) is 9.59 Å². The molecule has 2 N–H and O–H groups in total. The molecule has 46 valence electrons. The maximum Gasteiger partial charge on any atom is 0.207 e. The molecule has 0 saturated carbocycles. The van der Waals surface area contributed by atoms with Crippen molar-refractivity contribution in [2.75, 3.05) is 13.2 Å². The second-order valence-corrected chi connectivity index (χ2v) is 1.20. The summed E-state index contributed by atoms with van der Waals surface area (Å²) < 4.78 is 0. The van der Waals surface area contributed by atoms with Crippen molar-refractivity contribution in [3.8, 4) is 0 Å². The molecule has 1 amide bonds. The van der Waals surface area contributed by atoms with Gasteiger partial charge in [0.05, 0.1) is 6.54 Å². The second-order valence-electron chi connectivity index (χ2n) is 1.20. The van der Waals surface area contributed by atoms with Gasteiger partial charge in [-0.1, -0.05) is 0 Å². The van der Waals surface area contributed by atoms with Gasteiger partial charge in [0, 0.05) is 0 Å². The predicted molar refractivity (Wildman–Crippen MR) is 26.2 cm³/mol. The van der Waals surface area contributed by atoms with Crippen LogP contribution in [0.2, 0.25) is 0 Å². The van der Waals surface area contributed by atoms with E-state index in [0.717, 1.165) is 0 Å². The molecule has 0 radical (unpaired) electrons. The van der Waals surface area contributed by atoms with E-state index in [-0.39, 0.29) is 6.54 Å². The fraction of sp³-hybridized carbons (Fsp3) is 0.500. The topological polar surface area (TPSA) is 66.4 Å². The summed E-state index contributed by atoms with van der Waals surface area (Å²) >= 11 is 0. The molecule has 0 atom stereocenters. The summed E-state index contributed by atoms with van der Waals surface area (Å²) in [7, 11) is 0. The van der Waals surface area contributed by atoms with Crippen molar-refractivity contribution >= 4 is 12.2 Å². The minimum absolute atomic E-state index is 0.0833. The Labute approximate surface area is 46.5 Å². The van der Waals surface area contributed by atoms with E-state index in [2.05, 4.69) is 5.32 Å². The lowest BCUT2D eigenvalue weighted by Gasteiger charge is -1.90. The Morgan fingerprint density at radius 1 is 1.75 bits per heavy atom. The van der Waals surface area contributed by atoms with Gasteiger partial charge in [-0.15, -0.1) is 0 Å². The van der Waals surface area contributed by atoms with Crippen LogP contribution < -0.4 is 5.32 Å². The van der Waals surface area contributed by atoms with E-state index in [1.54, 1.807) is 0 Å². The lowest BCUT2D eigenvalue weighted by Crippen LogP contribution is -2.23. The van der Waals surface area contributed by atoms with E-state index in [1.807, 2.05) is 0 Å². The molecule has 0 aliphatic carbocycles. The number of rotatable bonds is 4. The zero-order valence-corrected chi connectivity index (χ0v) is 4.26. The SMILES string of the molecule is O=CNCC(=O)CO. The molecule has 8 heavy (non-hydrogen) atoms. The van der Waals surface area contributed by atoms with Crippen LogP contribution in [0.15, 0.2) is 0 Å². The van der Waals surface area contributed by atoms with Crippen LogP contribution >= 0.6 is 0 Å². The summed E-state index contributed by atoms with van der Waals surface area (Å²) in [5.74, 6) is -0.392. The maximum atomic E-state index is 10.1. The van der Waals surface area contributed by atoms with E-state index in [4.69, 9.17) is 5.11 Å². The molecule has 4 nitrogen and oxygen atoms in total. The summed E-state index contributed by atoms with van der Waals surface area (Å²) in [5, 5.41) is 10.2. The van der Waals surface area contributed by atoms with Gasteiger partial charge in [0.2, 0.25) is 6.41 Å². The Hall–Kier alpha value is -0.900. The molecule has 0 saturated heterocycles. The highest BCUT2D eigenvalue weighted by molar-refractivity contribution is 5.82. The quantitative estimate of drug-likeness (QED) is 0.431. The normalized spacial score (nSPS) is 8.12. The molecular weight excluding hydrogens is 110 g/mol. The van der Waals surface area contributed by atoms with Crippen LogP contribution in [-0.2, 0) is 9.59 Å². The highest BCUT2D eigenvalue weighted by Gasteiger charge is 1.93. The zero-order valence-electron chi connectivity index (χ0n) is 4.26. The van der Waals surface area contributed by atoms with Crippen molar-refractivity contribution in [3.63, 3.8) is 0 Å². The van der Waals surface area contributed by atoms with E-state index in [1.165, 1.54) is 0 Å². The third-order valence-corrected chi connectivity index (χ3v) is 0.559. The Morgan fingerprint density at radius 3 is 2.75 bits per heavy atom. The fourth-order valence-electron chi connectivity index (χ4n) is 0.211. The first-order valence-corrected chi connectivity index (χ1v) is 2.11. The number of aliphatic hydroxyl groups is 1. The lowest BCUT2D eigenvalue weighted by atomic mass is 10.4. The van der Waals surface area contributed by atoms with Gasteiger partial charge in [0.1, 0.15) is 6.61 Å². The van der Waals surface area contributed by atoms with Crippen molar-refractivity contribution in [1.82, 2.24) is 5.32 Å². The van der Waals surface area contributed by atoms with Crippen molar-refractivity contribution in [3.05, 3.63) is 0 Å². The van der Waals surface area contributed by atoms with Gasteiger partial charge in [0.15, 0.2) is 5.78 Å². The number of hydrogen-bond donors (Lipinski definition) is 2. The van der Waals surface area contributed by atoms with Crippen molar-refractivity contribution < 1.29 is 14.7 Å². The number of Topliss-reactive ketones (excluding diaryl/α,β-unsaturated/α-hetero) is 1. The highest BCUT2D eigenvalue weighted by Crippen LogP contribution is 1.61. The molecule has 0 unspecified atom stereocenters. The van der Waals surface area contributed by atoms with E-state index in [0.29, 0.717) is 6.41 Å². The average Bonchev–Trinajstić information content (AvgIpc) is 1.83. The standard InChI is InChI=1S/C4H7NO3/c6-2-4(8)1-5-3-7/h3,6H,1-2H2,(H,5,7). The second kappa shape index (κ2) is 4.26. The molecule has 0 aromatic heterocycles. The predicted octanol–water partition coefficient (Wildman–Crippen LogP) is -1.71. The Kier molecular flexibility index (Phi) is 3.78. The van der Waals surface area contributed by atoms with Crippen molar-refractivity contribution in [2.24, 2.45) is 0 Å². The van der Waals surface area contributed by atoms with Crippen LogP contribution in [0.1, 0.15) is 0 Å². The summed E-state index contributed by atoms with van der Waals surface area (Å²) in [4.78, 5) is 19.6. The molecule has 0 heterocycles. The number of hydrogen-bond acceptors (Lipinski definition) is 3. The van der Waals surface area contributed by atoms with E-state index >= 15 is 0 Å². The van der Waals surface area contributed by atoms with Crippen LogP contribution in [-0.4, -0.2) is 30.5 Å². The Balaban J connectivity index is 3.11. The average molecular weight is 117 g/mol. The van der Waals surface area contributed by atoms with Gasteiger partial charge in [-0.2, -0.15) is 0 Å². The third kappa shape index (κ3) is 3.30. The number of carbonyl (C=O) groups excluding carboxylic acids is 2. The first-order chi connectivity index (χ1) is 3.81. The zero-order chi connectivity index (χ0) is 6.41. The molecule has 0 fully saturated rings. The van der Waals surface area contributed by atoms with Crippen molar-refractivity contribution in [1.29, 1.82) is 0 Å². The minimum Gasteiger partial charge on any atom is -0.389 e. The molecule has 0 aromatic rings. The fourth-order valence-corrected chi connectivity index (χ4v) is 0.211. The van der Waals surface area contributed by atoms with Gasteiger partial charge in [0.25, 0.3) is 0 Å². The van der Waals surface area contributed by atoms with Gasteiger partial charge in [-0.05, 0) is 0 Å². The summed E-state index contributed by atoms with van der Waals surface area (Å²) in [6.07, 6.45) is 0.410. The highest BCUT2D eigenvalue weighted by atomic mass is 16.3. The van der Waals surface area contributed by atoms with Crippen LogP contribution in [0, 0.1) is 0 Å². The Bertz CT molecular complexity index is 91.3. The first-order valence-electron chi connectivity index (χ1n) is 2.11. The first kappa shape index (κ1) is 7.10. The maximum absolute atomic E-state index is 10.1. The van der Waals surface area contributed by atoms with E-state index < -0.39 is 12.4 Å². The van der Waals surface area contributed by atoms with Crippen LogP contribution in [0.3, 0.4) is 0 Å². The molecule has 0 rings (SSSR count). The van der Waals surface area contributed by atoms with Crippen LogP contribution in [0.4, 0.5) is 0 Å². The number of aliphatic hydroxyl groups excluding tert-OH is 1. The van der Waals surface area contributed by atoms with Gasteiger partial charge < -0.3 is 10.4 Å². The molecule has 0 aliphatic heterocycles. The summed E-state index contributed by atoms with van der Waals surface area (Å²) in [5.41, 5.74) is 0. The monoisotopic (exact) mass is 117 g/mol. The smallest absolute Gasteiger partial charge is 0.207 e. The van der Waals surface area contributed by atoms with Crippen molar-refractivity contribution in [2.45, 2.75) is 0 Å². The number of carbonyl (C=O) groups is 2.